The summed E-state index contributed by atoms with van der Waals surface area (Å²) in [5, 5.41) is 12.0. The van der Waals surface area contributed by atoms with Crippen LogP contribution in [-0.2, 0) is 11.3 Å². The molecule has 5 nitrogen and oxygen atoms in total. The molecule has 4 heterocycles. The first kappa shape index (κ1) is 13.0. The number of hydrogen-bond acceptors (Lipinski definition) is 4. The third-order valence-electron chi connectivity index (χ3n) is 4.32. The van der Waals surface area contributed by atoms with Gasteiger partial charge in [0.15, 0.2) is 0 Å². The smallest absolute Gasteiger partial charge is 0.226 e. The summed E-state index contributed by atoms with van der Waals surface area (Å²) in [5.74, 6) is 0.960. The lowest BCUT2D eigenvalue weighted by Gasteiger charge is -2.20. The van der Waals surface area contributed by atoms with E-state index < -0.39 is 0 Å². The number of nitrogens with zero attached hydrogens (tertiary/aromatic N) is 2. The predicted molar refractivity (Wildman–Crippen MR) is 82.5 cm³/mol. The van der Waals surface area contributed by atoms with Gasteiger partial charge in [-0.3, -0.25) is 14.8 Å². The van der Waals surface area contributed by atoms with Crippen LogP contribution in [0.15, 0.2) is 17.6 Å². The summed E-state index contributed by atoms with van der Waals surface area (Å²) in [5.41, 5.74) is 2.47. The number of rotatable bonds is 3. The minimum absolute atomic E-state index is 0.0613. The fourth-order valence-electron chi connectivity index (χ4n) is 3.26. The number of carbonyl (C=O) groups is 1. The minimum atomic E-state index is 0.0613. The van der Waals surface area contributed by atoms with Crippen molar-refractivity contribution in [2.24, 2.45) is 0 Å². The zero-order valence-corrected chi connectivity index (χ0v) is 12.6. The zero-order valence-electron chi connectivity index (χ0n) is 11.8. The van der Waals surface area contributed by atoms with E-state index in [2.05, 4.69) is 31.9 Å². The topological polar surface area (TPSA) is 61.0 Å². The van der Waals surface area contributed by atoms with Crippen LogP contribution in [0.4, 0.5) is 5.82 Å². The molecule has 0 saturated carbocycles. The number of anilines is 1. The Morgan fingerprint density at radius 1 is 1.38 bits per heavy atom. The van der Waals surface area contributed by atoms with Gasteiger partial charge in [-0.2, -0.15) is 5.10 Å². The van der Waals surface area contributed by atoms with Gasteiger partial charge in [-0.1, -0.05) is 0 Å². The Bertz CT molecular complexity index is 656. The maximum absolute atomic E-state index is 11.8. The number of carbonyl (C=O) groups excluding carboxylic acids is 1. The van der Waals surface area contributed by atoms with Crippen molar-refractivity contribution in [1.82, 2.24) is 15.1 Å². The average molecular weight is 302 g/mol. The van der Waals surface area contributed by atoms with Gasteiger partial charge in [0.1, 0.15) is 5.82 Å². The van der Waals surface area contributed by atoms with Crippen LogP contribution < -0.4 is 5.32 Å². The van der Waals surface area contributed by atoms with Crippen LogP contribution in [0.3, 0.4) is 0 Å². The van der Waals surface area contributed by atoms with Gasteiger partial charge in [0.25, 0.3) is 0 Å². The first-order valence-corrected chi connectivity index (χ1v) is 8.30. The highest BCUT2D eigenvalue weighted by Gasteiger charge is 2.29. The SMILES string of the molecule is O=C1C[C@@H](c2cc(CN3CCCC3)cs2)c2cn[nH]c2N1. The van der Waals surface area contributed by atoms with Crippen molar-refractivity contribution in [3.63, 3.8) is 0 Å². The van der Waals surface area contributed by atoms with Crippen molar-refractivity contribution < 1.29 is 4.79 Å². The monoisotopic (exact) mass is 302 g/mol. The van der Waals surface area contributed by atoms with E-state index in [1.165, 1.54) is 36.4 Å². The number of thiophene rings is 1. The van der Waals surface area contributed by atoms with Crippen LogP contribution in [-0.4, -0.2) is 34.1 Å². The highest BCUT2D eigenvalue weighted by molar-refractivity contribution is 7.10. The van der Waals surface area contributed by atoms with Crippen molar-refractivity contribution in [2.75, 3.05) is 18.4 Å². The molecule has 6 heteroatoms. The molecule has 110 valence electrons. The Kier molecular flexibility index (Phi) is 3.27. The minimum Gasteiger partial charge on any atom is -0.311 e. The zero-order chi connectivity index (χ0) is 14.2. The molecule has 0 radical (unpaired) electrons. The van der Waals surface area contributed by atoms with E-state index in [9.17, 15) is 4.79 Å². The maximum atomic E-state index is 11.8. The quantitative estimate of drug-likeness (QED) is 0.916. The number of hydrogen-bond donors (Lipinski definition) is 2. The lowest BCUT2D eigenvalue weighted by molar-refractivity contribution is -0.116. The summed E-state index contributed by atoms with van der Waals surface area (Å²) >= 11 is 1.76. The Morgan fingerprint density at radius 2 is 2.24 bits per heavy atom. The Hall–Kier alpha value is -1.66. The Morgan fingerprint density at radius 3 is 3.10 bits per heavy atom. The second kappa shape index (κ2) is 5.27. The van der Waals surface area contributed by atoms with E-state index in [-0.39, 0.29) is 11.8 Å². The molecule has 2 N–H and O–H groups in total. The molecule has 1 saturated heterocycles. The fourth-order valence-corrected chi connectivity index (χ4v) is 4.28. The van der Waals surface area contributed by atoms with Gasteiger partial charge >= 0.3 is 0 Å². The van der Waals surface area contributed by atoms with Crippen molar-refractivity contribution in [3.05, 3.63) is 33.6 Å². The van der Waals surface area contributed by atoms with Crippen LogP contribution in [0.2, 0.25) is 0 Å². The summed E-state index contributed by atoms with van der Waals surface area (Å²) in [6, 6.07) is 2.27. The van der Waals surface area contributed by atoms with E-state index in [1.807, 2.05) is 6.20 Å². The Balaban J connectivity index is 1.57. The molecule has 2 aliphatic rings. The predicted octanol–water partition coefficient (Wildman–Crippen LogP) is 2.54. The van der Waals surface area contributed by atoms with Crippen molar-refractivity contribution in [1.29, 1.82) is 0 Å². The molecular formula is C15H18N4OS. The molecule has 21 heavy (non-hydrogen) atoms. The van der Waals surface area contributed by atoms with Crippen LogP contribution in [0.5, 0.6) is 0 Å². The van der Waals surface area contributed by atoms with Crippen LogP contribution >= 0.6 is 11.3 Å². The van der Waals surface area contributed by atoms with E-state index in [0.29, 0.717) is 6.42 Å². The lowest BCUT2D eigenvalue weighted by atomic mass is 9.92. The molecule has 1 atom stereocenters. The lowest BCUT2D eigenvalue weighted by Crippen LogP contribution is -2.22. The summed E-state index contributed by atoms with van der Waals surface area (Å²) in [6.07, 6.45) is 4.98. The number of H-pyrrole nitrogens is 1. The van der Waals surface area contributed by atoms with Crippen molar-refractivity contribution >= 4 is 23.1 Å². The van der Waals surface area contributed by atoms with Gasteiger partial charge in [-0.05, 0) is 42.9 Å². The third kappa shape index (κ3) is 2.49. The molecular weight excluding hydrogens is 284 g/mol. The largest absolute Gasteiger partial charge is 0.311 e. The maximum Gasteiger partial charge on any atom is 0.226 e. The molecule has 1 amide bonds. The van der Waals surface area contributed by atoms with Crippen molar-refractivity contribution in [2.45, 2.75) is 31.7 Å². The molecule has 4 rings (SSSR count). The van der Waals surface area contributed by atoms with Crippen molar-refractivity contribution in [3.8, 4) is 0 Å². The van der Waals surface area contributed by atoms with E-state index in [0.717, 1.165) is 17.9 Å². The average Bonchev–Trinajstić information content (AvgIpc) is 3.18. The van der Waals surface area contributed by atoms with Gasteiger partial charge in [0.05, 0.1) is 6.20 Å². The summed E-state index contributed by atoms with van der Waals surface area (Å²) in [6.45, 7) is 3.46. The molecule has 0 bridgehead atoms. The highest BCUT2D eigenvalue weighted by Crippen LogP contribution is 2.38. The number of aromatic amines is 1. The standard InChI is InChI=1S/C15H18N4OS/c20-14-6-11(12-7-16-18-15(12)17-14)13-5-10(9-21-13)8-19-3-1-2-4-19/h5,7,9,11H,1-4,6,8H2,(H2,16,17,18,20)/t11-/m1/s1. The summed E-state index contributed by atoms with van der Waals surface area (Å²) in [4.78, 5) is 15.6. The van der Waals surface area contributed by atoms with Crippen LogP contribution in [0.25, 0.3) is 0 Å². The third-order valence-corrected chi connectivity index (χ3v) is 5.42. The number of aromatic nitrogens is 2. The second-order valence-electron chi connectivity index (χ2n) is 5.85. The van der Waals surface area contributed by atoms with Gasteiger partial charge < -0.3 is 5.32 Å². The van der Waals surface area contributed by atoms with Gasteiger partial charge in [0, 0.05) is 29.3 Å². The summed E-state index contributed by atoms with van der Waals surface area (Å²) in [7, 11) is 0. The summed E-state index contributed by atoms with van der Waals surface area (Å²) < 4.78 is 0. The second-order valence-corrected chi connectivity index (χ2v) is 6.79. The molecule has 2 aromatic heterocycles. The molecule has 0 spiro atoms. The van der Waals surface area contributed by atoms with E-state index in [4.69, 9.17) is 0 Å². The van der Waals surface area contributed by atoms with E-state index in [1.54, 1.807) is 11.3 Å². The molecule has 2 aromatic rings. The number of nitrogens with one attached hydrogen (secondary N) is 2. The van der Waals surface area contributed by atoms with Gasteiger partial charge in [-0.15, -0.1) is 11.3 Å². The van der Waals surface area contributed by atoms with Crippen LogP contribution in [0.1, 0.15) is 41.2 Å². The Labute approximate surface area is 127 Å². The first-order valence-electron chi connectivity index (χ1n) is 7.42. The normalized spacial score (nSPS) is 22.3. The molecule has 0 unspecified atom stereocenters. The molecule has 1 fully saturated rings. The van der Waals surface area contributed by atoms with Gasteiger partial charge in [-0.25, -0.2) is 0 Å². The fraction of sp³-hybridized carbons (Fsp3) is 0.467. The highest BCUT2D eigenvalue weighted by atomic mass is 32.1. The van der Waals surface area contributed by atoms with Crippen LogP contribution in [0, 0.1) is 0 Å². The number of likely N-dealkylation sites (tertiary alicyclic amines) is 1. The number of fused-ring (bicyclic) bond motifs is 1. The number of amides is 1. The molecule has 0 aliphatic carbocycles. The van der Waals surface area contributed by atoms with E-state index >= 15 is 0 Å². The van der Waals surface area contributed by atoms with Gasteiger partial charge in [0.2, 0.25) is 5.91 Å². The first-order chi connectivity index (χ1) is 10.3. The molecule has 0 aromatic carbocycles. The molecule has 2 aliphatic heterocycles.